The molecule has 3 heterocycles. The standard InChI is InChI=1S/C23H20N4O3S2/c1-15-4-6-16(7-5-15)11-19-22(29)27(23(30)32-19)10-9-25-20(28)12-18-14-31-21(26-18)17-3-2-8-24-13-17/h2-8,11,13-14H,9-10,12H2,1H3,(H,25,28)/b19-11-. The Labute approximate surface area is 193 Å². The van der Waals surface area contributed by atoms with Crippen molar-refractivity contribution in [1.82, 2.24) is 20.2 Å². The van der Waals surface area contributed by atoms with Crippen molar-refractivity contribution in [2.24, 2.45) is 0 Å². The molecule has 9 heteroatoms. The number of rotatable bonds is 7. The lowest BCUT2D eigenvalue weighted by molar-refractivity contribution is -0.124. The maximum Gasteiger partial charge on any atom is 0.293 e. The Morgan fingerprint density at radius 1 is 1.19 bits per heavy atom. The normalized spacial score (nSPS) is 14.9. The van der Waals surface area contributed by atoms with Crippen LogP contribution in [0.25, 0.3) is 16.6 Å². The van der Waals surface area contributed by atoms with Gasteiger partial charge < -0.3 is 5.32 Å². The lowest BCUT2D eigenvalue weighted by Crippen LogP contribution is -2.37. The molecule has 0 unspecified atom stereocenters. The van der Waals surface area contributed by atoms with E-state index in [1.807, 2.05) is 48.7 Å². The van der Waals surface area contributed by atoms with E-state index in [0.717, 1.165) is 38.4 Å². The van der Waals surface area contributed by atoms with Gasteiger partial charge >= 0.3 is 0 Å². The van der Waals surface area contributed by atoms with Gasteiger partial charge in [0, 0.05) is 36.4 Å². The molecule has 4 rings (SSSR count). The van der Waals surface area contributed by atoms with E-state index < -0.39 is 0 Å². The van der Waals surface area contributed by atoms with E-state index in [1.165, 1.54) is 11.3 Å². The van der Waals surface area contributed by atoms with Crippen LogP contribution < -0.4 is 5.32 Å². The molecule has 3 aromatic rings. The molecule has 1 aliphatic rings. The molecule has 3 amide bonds. The van der Waals surface area contributed by atoms with Gasteiger partial charge in [-0.05, 0) is 42.5 Å². The number of hydrogen-bond acceptors (Lipinski definition) is 7. The SMILES string of the molecule is Cc1ccc(/C=C2\SC(=O)N(CCNC(=O)Cc3csc(-c4cccnc4)n3)C2=O)cc1. The first kappa shape index (κ1) is 21.9. The van der Waals surface area contributed by atoms with Crippen molar-refractivity contribution in [1.29, 1.82) is 0 Å². The van der Waals surface area contributed by atoms with Crippen molar-refractivity contribution >= 4 is 46.2 Å². The summed E-state index contributed by atoms with van der Waals surface area (Å²) in [6.45, 7) is 2.30. The number of imide groups is 1. The Bertz CT molecular complexity index is 1170. The molecule has 2 aromatic heterocycles. The van der Waals surface area contributed by atoms with Crippen LogP contribution >= 0.6 is 23.1 Å². The second-order valence-corrected chi connectivity index (χ2v) is 9.01. The van der Waals surface area contributed by atoms with Crippen molar-refractivity contribution in [2.45, 2.75) is 13.3 Å². The van der Waals surface area contributed by atoms with Crippen LogP contribution in [0.4, 0.5) is 4.79 Å². The van der Waals surface area contributed by atoms with Crippen molar-refractivity contribution in [2.75, 3.05) is 13.1 Å². The van der Waals surface area contributed by atoms with Crippen LogP contribution in [0.2, 0.25) is 0 Å². The van der Waals surface area contributed by atoms with E-state index in [0.29, 0.717) is 10.6 Å². The minimum absolute atomic E-state index is 0.125. The molecule has 0 bridgehead atoms. The van der Waals surface area contributed by atoms with Crippen LogP contribution in [0.3, 0.4) is 0 Å². The van der Waals surface area contributed by atoms with Gasteiger partial charge in [-0.25, -0.2) is 4.98 Å². The topological polar surface area (TPSA) is 92.3 Å². The van der Waals surface area contributed by atoms with Crippen molar-refractivity contribution in [3.63, 3.8) is 0 Å². The molecule has 0 spiro atoms. The van der Waals surface area contributed by atoms with E-state index in [4.69, 9.17) is 0 Å². The largest absolute Gasteiger partial charge is 0.354 e. The molecule has 1 N–H and O–H groups in total. The first-order chi connectivity index (χ1) is 15.5. The number of thiazole rings is 1. The average Bonchev–Trinajstić information content (AvgIpc) is 3.36. The molecule has 32 heavy (non-hydrogen) atoms. The highest BCUT2D eigenvalue weighted by atomic mass is 32.2. The zero-order valence-corrected chi connectivity index (χ0v) is 18.9. The van der Waals surface area contributed by atoms with Crippen LogP contribution in [0.15, 0.2) is 59.1 Å². The first-order valence-electron chi connectivity index (χ1n) is 9.93. The minimum Gasteiger partial charge on any atom is -0.354 e. The summed E-state index contributed by atoms with van der Waals surface area (Å²) in [4.78, 5) is 47.2. The number of hydrogen-bond donors (Lipinski definition) is 1. The predicted octanol–water partition coefficient (Wildman–Crippen LogP) is 3.91. The molecule has 7 nitrogen and oxygen atoms in total. The van der Waals surface area contributed by atoms with Crippen LogP contribution in [0.1, 0.15) is 16.8 Å². The van der Waals surface area contributed by atoms with Gasteiger partial charge in [0.15, 0.2) is 0 Å². The summed E-state index contributed by atoms with van der Waals surface area (Å²) in [5.41, 5.74) is 3.56. The van der Waals surface area contributed by atoms with Gasteiger partial charge in [-0.3, -0.25) is 24.3 Å². The van der Waals surface area contributed by atoms with Gasteiger partial charge in [0.2, 0.25) is 5.91 Å². The van der Waals surface area contributed by atoms with E-state index in [1.54, 1.807) is 18.5 Å². The van der Waals surface area contributed by atoms with Crippen LogP contribution in [0.5, 0.6) is 0 Å². The third-order valence-electron chi connectivity index (χ3n) is 4.71. The number of pyridine rings is 1. The second-order valence-electron chi connectivity index (χ2n) is 7.16. The minimum atomic E-state index is -0.338. The summed E-state index contributed by atoms with van der Waals surface area (Å²) >= 11 is 2.37. The highest BCUT2D eigenvalue weighted by Gasteiger charge is 2.34. The Morgan fingerprint density at radius 2 is 2.00 bits per heavy atom. The molecule has 1 saturated heterocycles. The number of amides is 3. The molecular formula is C23H20N4O3S2. The van der Waals surface area contributed by atoms with Gasteiger partial charge in [-0.1, -0.05) is 29.8 Å². The maximum atomic E-state index is 12.6. The Kier molecular flexibility index (Phi) is 6.77. The zero-order valence-electron chi connectivity index (χ0n) is 17.3. The fourth-order valence-corrected chi connectivity index (χ4v) is 4.73. The van der Waals surface area contributed by atoms with Crippen molar-refractivity contribution in [3.8, 4) is 10.6 Å². The van der Waals surface area contributed by atoms with Crippen LogP contribution in [-0.4, -0.2) is 45.0 Å². The summed E-state index contributed by atoms with van der Waals surface area (Å²) in [5.74, 6) is -0.550. The molecule has 0 saturated carbocycles. The van der Waals surface area contributed by atoms with Gasteiger partial charge in [0.05, 0.1) is 17.0 Å². The fourth-order valence-electron chi connectivity index (χ4n) is 3.05. The summed E-state index contributed by atoms with van der Waals surface area (Å²) in [6, 6.07) is 11.5. The number of nitrogens with one attached hydrogen (secondary N) is 1. The smallest absolute Gasteiger partial charge is 0.293 e. The highest BCUT2D eigenvalue weighted by molar-refractivity contribution is 8.18. The van der Waals surface area contributed by atoms with Gasteiger partial charge in [0.25, 0.3) is 11.1 Å². The number of aromatic nitrogens is 2. The monoisotopic (exact) mass is 464 g/mol. The Morgan fingerprint density at radius 3 is 2.75 bits per heavy atom. The average molecular weight is 465 g/mol. The fraction of sp³-hybridized carbons (Fsp3) is 0.174. The number of aryl methyl sites for hydroxylation is 1. The summed E-state index contributed by atoms with van der Waals surface area (Å²) < 4.78 is 0. The summed E-state index contributed by atoms with van der Waals surface area (Å²) in [7, 11) is 0. The van der Waals surface area contributed by atoms with E-state index in [9.17, 15) is 14.4 Å². The molecule has 0 atom stereocenters. The highest BCUT2D eigenvalue weighted by Crippen LogP contribution is 2.32. The van der Waals surface area contributed by atoms with E-state index in [-0.39, 0.29) is 36.6 Å². The van der Waals surface area contributed by atoms with Crippen LogP contribution in [-0.2, 0) is 16.0 Å². The van der Waals surface area contributed by atoms with Crippen molar-refractivity contribution < 1.29 is 14.4 Å². The van der Waals surface area contributed by atoms with Gasteiger partial charge in [-0.2, -0.15) is 0 Å². The summed E-state index contributed by atoms with van der Waals surface area (Å²) in [5, 5.41) is 5.07. The summed E-state index contributed by atoms with van der Waals surface area (Å²) in [6.07, 6.45) is 5.27. The van der Waals surface area contributed by atoms with Crippen molar-refractivity contribution in [3.05, 3.63) is 75.9 Å². The second kappa shape index (κ2) is 9.88. The molecule has 0 aliphatic carbocycles. The van der Waals surface area contributed by atoms with E-state index in [2.05, 4.69) is 15.3 Å². The Balaban J connectivity index is 1.28. The van der Waals surface area contributed by atoms with Gasteiger partial charge in [-0.15, -0.1) is 11.3 Å². The molecule has 1 aromatic carbocycles. The first-order valence-corrected chi connectivity index (χ1v) is 11.6. The molecule has 162 valence electrons. The third-order valence-corrected chi connectivity index (χ3v) is 6.56. The predicted molar refractivity (Wildman–Crippen MR) is 126 cm³/mol. The molecule has 1 aliphatic heterocycles. The number of carbonyl (C=O) groups is 3. The van der Waals surface area contributed by atoms with E-state index >= 15 is 0 Å². The Hall–Kier alpha value is -3.30. The zero-order chi connectivity index (χ0) is 22.5. The maximum absolute atomic E-state index is 12.6. The lowest BCUT2D eigenvalue weighted by atomic mass is 10.1. The van der Waals surface area contributed by atoms with Gasteiger partial charge in [0.1, 0.15) is 5.01 Å². The number of thioether (sulfide) groups is 1. The molecular weight excluding hydrogens is 444 g/mol. The molecule has 0 radical (unpaired) electrons. The number of carbonyl (C=O) groups excluding carboxylic acids is 3. The number of nitrogens with zero attached hydrogens (tertiary/aromatic N) is 3. The number of benzene rings is 1. The molecule has 1 fully saturated rings. The lowest BCUT2D eigenvalue weighted by Gasteiger charge is -2.12. The quantitative estimate of drug-likeness (QED) is 0.533. The third kappa shape index (κ3) is 5.30. The van der Waals surface area contributed by atoms with Crippen LogP contribution in [0, 0.1) is 6.92 Å².